The number of esters is 1. The lowest BCUT2D eigenvalue weighted by molar-refractivity contribution is -0.121. The van der Waals surface area contributed by atoms with Gasteiger partial charge in [-0.1, -0.05) is 6.08 Å². The molecule has 0 aliphatic carbocycles. The zero-order valence-electron chi connectivity index (χ0n) is 34.0. The first-order valence-electron chi connectivity index (χ1n) is 19.3. The van der Waals surface area contributed by atoms with E-state index in [0.29, 0.717) is 27.6 Å². The average Bonchev–Trinajstić information content (AvgIpc) is 4.05. The second kappa shape index (κ2) is 19.9. The lowest BCUT2D eigenvalue weighted by Crippen LogP contribution is -2.38. The van der Waals surface area contributed by atoms with Gasteiger partial charge in [-0.3, -0.25) is 27.5 Å². The van der Waals surface area contributed by atoms with E-state index in [4.69, 9.17) is 39.5 Å². The number of hydrogen-bond acceptors (Lipinski definition) is 21. The molecule has 2 unspecified atom stereocenters. The fraction of sp³-hybridized carbons (Fsp3) is 0.389. The number of aliphatic hydroxyl groups excluding tert-OH is 1. The summed E-state index contributed by atoms with van der Waals surface area (Å²) in [6.45, 7) is 1.83. The molecule has 29 heteroatoms. The van der Waals surface area contributed by atoms with E-state index in [2.05, 4.69) is 41.3 Å². The number of nitrogens with one attached hydrogen (secondary N) is 1. The maximum Gasteiger partial charge on any atom is 0.472 e. The van der Waals surface area contributed by atoms with Crippen molar-refractivity contribution in [3.05, 3.63) is 83.0 Å². The fourth-order valence-corrected chi connectivity index (χ4v) is 9.09. The molecule has 348 valence electrons. The molecule has 0 radical (unpaired) electrons. The van der Waals surface area contributed by atoms with Crippen LogP contribution in [0.4, 0.5) is 11.6 Å². The van der Waals surface area contributed by atoms with Crippen LogP contribution in [0.25, 0.3) is 21.6 Å². The van der Waals surface area contributed by atoms with E-state index in [1.165, 1.54) is 30.3 Å². The van der Waals surface area contributed by atoms with Gasteiger partial charge in [-0.2, -0.15) is 4.98 Å². The molecule has 1 amide bonds. The van der Waals surface area contributed by atoms with Crippen molar-refractivity contribution in [2.24, 2.45) is 0 Å². The number of nitrogens with zero attached hydrogens (tertiary/aromatic N) is 7. The number of aromatic nitrogens is 7. The van der Waals surface area contributed by atoms with Gasteiger partial charge in [0, 0.05) is 19.0 Å². The Morgan fingerprint density at radius 2 is 1.78 bits per heavy atom. The Bertz CT molecular complexity index is 2700. The molecule has 2 fully saturated rings. The van der Waals surface area contributed by atoms with Crippen LogP contribution in [0, 0.1) is 0 Å². The SMILES string of the molecule is C=CCCC(=O)NCc1nc(C(=O)OC2[C@@H](COP(=O)(O)O[C@@H]3C[C@H](n4ccc(N)nc4=O)O[C@@H]3COP(=O)(O)O)O[C@@H](n3cnc4c(N)ncnc43)[C@H]2O)c(-c2ccc(OC)cc2)s1. The number of fused-ring (bicyclic) bond motifs is 1. The zero-order valence-corrected chi connectivity index (χ0v) is 36.6. The van der Waals surface area contributed by atoms with E-state index < -0.39 is 83.5 Å². The monoisotopic (exact) mass is 964 g/mol. The molecule has 6 heterocycles. The Hall–Kier alpha value is -5.54. The molecule has 0 spiro atoms. The number of carbonyl (C=O) groups is 2. The number of rotatable bonds is 19. The summed E-state index contributed by atoms with van der Waals surface area (Å²) in [5.41, 5.74) is 11.3. The number of nitrogens with two attached hydrogens (primary N) is 2. The number of phosphoric acid groups is 2. The van der Waals surface area contributed by atoms with Gasteiger partial charge in [0.05, 0.1) is 38.1 Å². The van der Waals surface area contributed by atoms with Crippen molar-refractivity contribution >= 4 is 61.7 Å². The number of anilines is 2. The normalized spacial score (nSPS) is 23.0. The van der Waals surface area contributed by atoms with Gasteiger partial charge < -0.3 is 55.5 Å². The van der Waals surface area contributed by atoms with Crippen molar-refractivity contribution in [2.75, 3.05) is 31.8 Å². The Morgan fingerprint density at radius 3 is 2.49 bits per heavy atom. The first-order valence-corrected chi connectivity index (χ1v) is 23.1. The van der Waals surface area contributed by atoms with E-state index >= 15 is 0 Å². The van der Waals surface area contributed by atoms with Crippen molar-refractivity contribution in [1.29, 1.82) is 0 Å². The third-order valence-electron chi connectivity index (χ3n) is 9.86. The van der Waals surface area contributed by atoms with Gasteiger partial charge in [0.2, 0.25) is 5.91 Å². The Kier molecular flexibility index (Phi) is 14.5. The number of nitrogen functional groups attached to an aromatic ring is 2. The number of aliphatic hydroxyl groups is 1. The number of allylic oxidation sites excluding steroid dienone is 1. The quantitative estimate of drug-likeness (QED) is 0.0349. The molecular formula is C36H42N10O16P2S. The first kappa shape index (κ1) is 47.4. The number of imidazole rings is 1. The maximum absolute atomic E-state index is 14.2. The fourth-order valence-electron chi connectivity index (χ4n) is 6.79. The van der Waals surface area contributed by atoms with Crippen LogP contribution in [0.3, 0.4) is 0 Å². The zero-order chi connectivity index (χ0) is 46.6. The van der Waals surface area contributed by atoms with E-state index in [9.17, 15) is 43.3 Å². The Labute approximate surface area is 371 Å². The number of amides is 1. The lowest BCUT2D eigenvalue weighted by Gasteiger charge is -2.23. The third kappa shape index (κ3) is 11.3. The summed E-state index contributed by atoms with van der Waals surface area (Å²) in [7, 11) is -8.84. The number of carbonyl (C=O) groups excluding carboxylic acids is 2. The molecule has 0 bridgehead atoms. The minimum absolute atomic E-state index is 0.00456. The highest BCUT2D eigenvalue weighted by molar-refractivity contribution is 7.47. The van der Waals surface area contributed by atoms with Crippen molar-refractivity contribution in [2.45, 2.75) is 68.8 Å². The van der Waals surface area contributed by atoms with Gasteiger partial charge in [0.15, 0.2) is 29.5 Å². The third-order valence-corrected chi connectivity index (χ3v) is 12.5. The average molecular weight is 965 g/mol. The molecule has 1 aromatic carbocycles. The van der Waals surface area contributed by atoms with E-state index in [-0.39, 0.29) is 53.8 Å². The molecule has 2 aliphatic rings. The van der Waals surface area contributed by atoms with E-state index in [1.54, 1.807) is 30.3 Å². The predicted octanol–water partition coefficient (Wildman–Crippen LogP) is 1.35. The summed E-state index contributed by atoms with van der Waals surface area (Å²) in [6.07, 6.45) is -5.04. The Balaban J connectivity index is 1.15. The molecule has 0 saturated carbocycles. The lowest BCUT2D eigenvalue weighted by atomic mass is 10.1. The van der Waals surface area contributed by atoms with Gasteiger partial charge in [0.25, 0.3) is 0 Å². The molecule has 2 aliphatic heterocycles. The highest BCUT2D eigenvalue weighted by atomic mass is 32.1. The van der Waals surface area contributed by atoms with Crippen molar-refractivity contribution in [3.63, 3.8) is 0 Å². The topological polar surface area (TPSA) is 369 Å². The van der Waals surface area contributed by atoms with Gasteiger partial charge in [-0.05, 0) is 42.3 Å². The summed E-state index contributed by atoms with van der Waals surface area (Å²) in [5.74, 6) is -0.912. The number of phosphoric ester groups is 2. The van der Waals surface area contributed by atoms with E-state index in [1.807, 2.05) is 0 Å². The smallest absolute Gasteiger partial charge is 0.472 e. The second-order valence-electron chi connectivity index (χ2n) is 14.2. The summed E-state index contributed by atoms with van der Waals surface area (Å²) >= 11 is 1.09. The Morgan fingerprint density at radius 1 is 1.03 bits per heavy atom. The largest absolute Gasteiger partial charge is 0.497 e. The molecule has 8 atom stereocenters. The molecule has 2 saturated heterocycles. The second-order valence-corrected chi connectivity index (χ2v) is 18.0. The van der Waals surface area contributed by atoms with Crippen LogP contribution in [-0.2, 0) is 48.3 Å². The summed E-state index contributed by atoms with van der Waals surface area (Å²) < 4.78 is 65.9. The van der Waals surface area contributed by atoms with Crippen molar-refractivity contribution in [3.8, 4) is 16.2 Å². The highest BCUT2D eigenvalue weighted by Crippen LogP contribution is 2.50. The van der Waals surface area contributed by atoms with Gasteiger partial charge in [0.1, 0.15) is 59.1 Å². The summed E-state index contributed by atoms with van der Waals surface area (Å²) in [5, 5.41) is 14.9. The van der Waals surface area contributed by atoms with Gasteiger partial charge in [-0.15, -0.1) is 17.9 Å². The predicted molar refractivity (Wildman–Crippen MR) is 224 cm³/mol. The number of hydrogen-bond donors (Lipinski definition) is 7. The van der Waals surface area contributed by atoms with Crippen LogP contribution < -0.4 is 27.2 Å². The van der Waals surface area contributed by atoms with Crippen molar-refractivity contribution in [1.82, 2.24) is 39.4 Å². The number of ether oxygens (including phenoxy) is 4. The number of thiazole rings is 1. The van der Waals surface area contributed by atoms with Crippen LogP contribution in [-0.4, -0.2) is 117 Å². The van der Waals surface area contributed by atoms with E-state index in [0.717, 1.165) is 22.2 Å². The minimum Gasteiger partial charge on any atom is -0.497 e. The number of benzene rings is 1. The van der Waals surface area contributed by atoms with Crippen LogP contribution in [0.15, 0.2) is 66.6 Å². The summed E-state index contributed by atoms with van der Waals surface area (Å²) in [4.78, 5) is 89.7. The first-order chi connectivity index (χ1) is 30.9. The molecule has 26 nitrogen and oxygen atoms in total. The van der Waals surface area contributed by atoms with Gasteiger partial charge >= 0.3 is 27.3 Å². The van der Waals surface area contributed by atoms with Crippen LogP contribution in [0.5, 0.6) is 5.75 Å². The molecule has 7 rings (SSSR count). The van der Waals surface area contributed by atoms with Crippen molar-refractivity contribution < 1.29 is 71.0 Å². The molecular weight excluding hydrogens is 922 g/mol. The van der Waals surface area contributed by atoms with Crippen LogP contribution in [0.1, 0.15) is 47.2 Å². The molecule has 5 aromatic rings. The molecule has 65 heavy (non-hydrogen) atoms. The molecule has 9 N–H and O–H groups in total. The van der Waals surface area contributed by atoms with Crippen LogP contribution in [0.2, 0.25) is 0 Å². The number of methoxy groups -OCH3 is 1. The minimum atomic E-state index is -5.24. The highest BCUT2D eigenvalue weighted by Gasteiger charge is 2.50. The van der Waals surface area contributed by atoms with Crippen LogP contribution >= 0.6 is 27.0 Å². The van der Waals surface area contributed by atoms with Gasteiger partial charge in [-0.25, -0.2) is 38.7 Å². The standard InChI is InChI=1S/C36H42N10O16P2S/c1-3-4-5-24(47)39-13-25-44-27(31(65-25)18-6-8-19(56-2)9-7-18)35(49)61-30-22(60-34(29(30)48)46-17-42-28-32(38)40-16-41-33(28)46)15-58-64(54,55)62-20-12-26(45-11-10-23(37)43-36(45)50)59-21(20)14-57-63(51,52)53/h3,6-11,16-17,20-22,26,29-30,34,48H,1,4-5,12-15H2,2H3,(H,39,47)(H,54,55)(H2,37,43,50)(H2,38,40,41)(H2,51,52,53)/t20-,21-,22-,26-,29+,30?,34-/m1/s1. The molecule has 4 aromatic heterocycles. The summed E-state index contributed by atoms with van der Waals surface area (Å²) in [6, 6.07) is 7.96. The maximum atomic E-state index is 14.2.